The van der Waals surface area contributed by atoms with Crippen molar-refractivity contribution in [1.82, 2.24) is 5.43 Å². The molecule has 2 N–H and O–H groups in total. The zero-order valence-corrected chi connectivity index (χ0v) is 13.1. The third kappa shape index (κ3) is 6.30. The summed E-state index contributed by atoms with van der Waals surface area (Å²) in [7, 11) is 0. The fourth-order valence-corrected chi connectivity index (χ4v) is 1.97. The van der Waals surface area contributed by atoms with Gasteiger partial charge < -0.3 is 5.32 Å². The lowest BCUT2D eigenvalue weighted by atomic mass is 10.1. The van der Waals surface area contributed by atoms with Crippen LogP contribution in [0.3, 0.4) is 0 Å². The molecule has 4 nitrogen and oxygen atoms in total. The van der Waals surface area contributed by atoms with Gasteiger partial charge in [0, 0.05) is 11.4 Å². The molecule has 0 saturated heterocycles. The lowest BCUT2D eigenvalue weighted by Crippen LogP contribution is -2.26. The lowest BCUT2D eigenvalue weighted by molar-refractivity contribution is -0.119. The number of anilines is 1. The van der Waals surface area contributed by atoms with Crippen LogP contribution in [-0.4, -0.2) is 18.2 Å². The van der Waals surface area contributed by atoms with Crippen molar-refractivity contribution in [3.8, 4) is 0 Å². The van der Waals surface area contributed by atoms with Gasteiger partial charge in [-0.1, -0.05) is 30.3 Å². The summed E-state index contributed by atoms with van der Waals surface area (Å²) in [5.41, 5.74) is 5.31. The van der Waals surface area contributed by atoms with Crippen molar-refractivity contribution in [3.05, 3.63) is 66.0 Å². The minimum absolute atomic E-state index is 0.0844. The average Bonchev–Trinajstić information content (AvgIpc) is 2.58. The van der Waals surface area contributed by atoms with Crippen LogP contribution in [0.2, 0.25) is 0 Å². The first-order valence-electron chi connectivity index (χ1n) is 7.49. The second-order valence-corrected chi connectivity index (χ2v) is 5.23. The van der Waals surface area contributed by atoms with Crippen molar-refractivity contribution in [2.75, 3.05) is 11.9 Å². The lowest BCUT2D eigenvalue weighted by Gasteiger charge is -2.06. The van der Waals surface area contributed by atoms with Crippen LogP contribution < -0.4 is 10.7 Å². The van der Waals surface area contributed by atoms with E-state index in [4.69, 9.17) is 0 Å². The van der Waals surface area contributed by atoms with E-state index in [1.165, 1.54) is 17.7 Å². The molecule has 0 saturated carbocycles. The topological polar surface area (TPSA) is 53.5 Å². The van der Waals surface area contributed by atoms with E-state index in [0.29, 0.717) is 5.69 Å². The van der Waals surface area contributed by atoms with E-state index in [0.717, 1.165) is 18.6 Å². The molecule has 0 bridgehead atoms. The smallest absolute Gasteiger partial charge is 0.259 e. The molecule has 0 radical (unpaired) electrons. The number of nitrogens with one attached hydrogen (secondary N) is 2. The van der Waals surface area contributed by atoms with E-state index in [2.05, 4.69) is 28.0 Å². The molecule has 0 aliphatic rings. The van der Waals surface area contributed by atoms with Crippen LogP contribution in [0.5, 0.6) is 0 Å². The summed E-state index contributed by atoms with van der Waals surface area (Å²) in [5, 5.41) is 6.99. The van der Waals surface area contributed by atoms with Crippen LogP contribution in [0.15, 0.2) is 59.7 Å². The van der Waals surface area contributed by atoms with E-state index in [1.54, 1.807) is 12.1 Å². The van der Waals surface area contributed by atoms with Gasteiger partial charge in [-0.3, -0.25) is 4.79 Å². The molecule has 0 spiro atoms. The molecular weight excluding hydrogens is 293 g/mol. The van der Waals surface area contributed by atoms with E-state index in [9.17, 15) is 9.18 Å². The maximum absolute atomic E-state index is 12.8. The Bertz CT molecular complexity index is 654. The first-order valence-corrected chi connectivity index (χ1v) is 7.49. The van der Waals surface area contributed by atoms with Crippen molar-refractivity contribution in [2.45, 2.75) is 19.8 Å². The highest BCUT2D eigenvalue weighted by Gasteiger charge is 2.01. The normalized spacial score (nSPS) is 11.1. The fraction of sp³-hybridized carbons (Fsp3) is 0.222. The molecule has 0 aromatic heterocycles. The number of halogens is 1. The number of nitrogens with zero attached hydrogens (tertiary/aromatic N) is 1. The molecule has 23 heavy (non-hydrogen) atoms. The second kappa shape index (κ2) is 8.68. The highest BCUT2D eigenvalue weighted by atomic mass is 19.1. The number of carbonyl (C=O) groups is 1. The van der Waals surface area contributed by atoms with Gasteiger partial charge in [0.15, 0.2) is 0 Å². The van der Waals surface area contributed by atoms with Crippen molar-refractivity contribution < 1.29 is 9.18 Å². The molecule has 0 atom stereocenters. The van der Waals surface area contributed by atoms with Crippen LogP contribution in [0.4, 0.5) is 10.1 Å². The van der Waals surface area contributed by atoms with Gasteiger partial charge >= 0.3 is 0 Å². The summed E-state index contributed by atoms with van der Waals surface area (Å²) in [4.78, 5) is 11.7. The number of carbonyl (C=O) groups excluding carboxylic acids is 1. The zero-order chi connectivity index (χ0) is 16.5. The number of amides is 1. The van der Waals surface area contributed by atoms with Crippen LogP contribution >= 0.6 is 0 Å². The molecule has 2 aromatic carbocycles. The van der Waals surface area contributed by atoms with Crippen LogP contribution in [0, 0.1) is 5.82 Å². The Morgan fingerprint density at radius 1 is 1.09 bits per heavy atom. The molecule has 1 amide bonds. The minimum atomic E-state index is -0.307. The van der Waals surface area contributed by atoms with Crippen LogP contribution in [0.1, 0.15) is 18.9 Å². The number of hydrogen-bond donors (Lipinski definition) is 2. The Morgan fingerprint density at radius 3 is 2.48 bits per heavy atom. The number of hydrazone groups is 1. The average molecular weight is 313 g/mol. The molecule has 0 aliphatic carbocycles. The van der Waals surface area contributed by atoms with Gasteiger partial charge in [-0.15, -0.1) is 0 Å². The zero-order valence-electron chi connectivity index (χ0n) is 13.1. The molecule has 5 heteroatoms. The summed E-state index contributed by atoms with van der Waals surface area (Å²) >= 11 is 0. The minimum Gasteiger partial charge on any atom is -0.376 e. The van der Waals surface area contributed by atoms with Gasteiger partial charge in [-0.05, 0) is 49.6 Å². The standard InChI is InChI=1S/C18H20FN3O/c1-14(7-8-15-5-3-2-4-6-15)21-22-18(23)13-20-17-11-9-16(19)10-12-17/h2-6,9-12,20H,7-8,13H2,1H3,(H,22,23). The largest absolute Gasteiger partial charge is 0.376 e. The van der Waals surface area contributed by atoms with Gasteiger partial charge in [0.2, 0.25) is 0 Å². The molecule has 2 rings (SSSR count). The molecule has 120 valence electrons. The maximum Gasteiger partial charge on any atom is 0.259 e. The summed E-state index contributed by atoms with van der Waals surface area (Å²) in [6.07, 6.45) is 1.68. The summed E-state index contributed by atoms with van der Waals surface area (Å²) in [6.45, 7) is 1.97. The van der Waals surface area contributed by atoms with Crippen LogP contribution in [0.25, 0.3) is 0 Å². The highest BCUT2D eigenvalue weighted by Crippen LogP contribution is 2.07. The van der Waals surface area contributed by atoms with E-state index in [-0.39, 0.29) is 18.3 Å². The summed E-state index contributed by atoms with van der Waals surface area (Å²) < 4.78 is 12.8. The first-order chi connectivity index (χ1) is 11.1. The van der Waals surface area contributed by atoms with Gasteiger partial charge in [0.05, 0.1) is 6.54 Å². The quantitative estimate of drug-likeness (QED) is 0.608. The Morgan fingerprint density at radius 2 is 1.78 bits per heavy atom. The van der Waals surface area contributed by atoms with Crippen molar-refractivity contribution in [2.24, 2.45) is 5.10 Å². The predicted molar refractivity (Wildman–Crippen MR) is 90.9 cm³/mol. The molecule has 2 aromatic rings. The molecule has 0 unspecified atom stereocenters. The van der Waals surface area contributed by atoms with Gasteiger partial charge in [0.1, 0.15) is 5.82 Å². The number of aryl methyl sites for hydroxylation is 1. The Labute approximate surface area is 135 Å². The Hall–Kier alpha value is -2.69. The number of hydrogen-bond acceptors (Lipinski definition) is 3. The number of benzene rings is 2. The number of rotatable bonds is 7. The van der Waals surface area contributed by atoms with E-state index < -0.39 is 0 Å². The van der Waals surface area contributed by atoms with Crippen molar-refractivity contribution >= 4 is 17.3 Å². The van der Waals surface area contributed by atoms with Gasteiger partial charge in [-0.25, -0.2) is 9.82 Å². The third-order valence-electron chi connectivity index (χ3n) is 3.29. The first kappa shape index (κ1) is 16.7. The van der Waals surface area contributed by atoms with E-state index in [1.807, 2.05) is 25.1 Å². The Balaban J connectivity index is 1.71. The summed E-state index contributed by atoms with van der Waals surface area (Å²) in [6, 6.07) is 16.0. The van der Waals surface area contributed by atoms with Crippen LogP contribution in [-0.2, 0) is 11.2 Å². The summed E-state index contributed by atoms with van der Waals surface area (Å²) in [5.74, 6) is -0.549. The van der Waals surface area contributed by atoms with Gasteiger partial charge in [0.25, 0.3) is 5.91 Å². The van der Waals surface area contributed by atoms with Gasteiger partial charge in [-0.2, -0.15) is 5.10 Å². The Kier molecular flexibility index (Phi) is 6.29. The van der Waals surface area contributed by atoms with E-state index >= 15 is 0 Å². The SMILES string of the molecule is CC(CCc1ccccc1)=NNC(=O)CNc1ccc(F)cc1. The molecule has 0 heterocycles. The molecule has 0 aliphatic heterocycles. The van der Waals surface area contributed by atoms with Crippen molar-refractivity contribution in [1.29, 1.82) is 0 Å². The monoisotopic (exact) mass is 313 g/mol. The molecule has 0 fully saturated rings. The fourth-order valence-electron chi connectivity index (χ4n) is 1.97. The highest BCUT2D eigenvalue weighted by molar-refractivity contribution is 5.85. The third-order valence-corrected chi connectivity index (χ3v) is 3.29. The molecular formula is C18H20FN3O. The predicted octanol–water partition coefficient (Wildman–Crippen LogP) is 3.36. The second-order valence-electron chi connectivity index (χ2n) is 5.23. The maximum atomic E-state index is 12.8. The van der Waals surface area contributed by atoms with Crippen molar-refractivity contribution in [3.63, 3.8) is 0 Å².